The summed E-state index contributed by atoms with van der Waals surface area (Å²) in [5, 5.41) is 9.40. The van der Waals surface area contributed by atoms with Gasteiger partial charge in [-0.1, -0.05) is 6.92 Å². The van der Waals surface area contributed by atoms with Gasteiger partial charge in [0.25, 0.3) is 0 Å². The first kappa shape index (κ1) is 14.0. The summed E-state index contributed by atoms with van der Waals surface area (Å²) in [5.41, 5.74) is 0. The highest BCUT2D eigenvalue weighted by Crippen LogP contribution is 2.69. The molecule has 0 radical (unpaired) electrons. The third-order valence-corrected chi connectivity index (χ3v) is 6.84. The van der Waals surface area contributed by atoms with Crippen molar-refractivity contribution in [3.05, 3.63) is 0 Å². The van der Waals surface area contributed by atoms with Gasteiger partial charge in [-0.3, -0.25) is 9.69 Å². The van der Waals surface area contributed by atoms with Crippen molar-refractivity contribution in [2.75, 3.05) is 32.8 Å². The van der Waals surface area contributed by atoms with Crippen LogP contribution in [0.2, 0.25) is 0 Å². The minimum atomic E-state index is 0.237. The standard InChI is InChI=1S/C17H28N2O2/c1-2-13(10-20)18-5-7-19(8-6-18)17(21)16-14-11-3-4-12(9-11)15(14)16/h11-16,20H,2-10H2,1H3. The van der Waals surface area contributed by atoms with Gasteiger partial charge >= 0.3 is 0 Å². The molecule has 4 heteroatoms. The average Bonchev–Trinajstić information content (AvgIpc) is 2.95. The van der Waals surface area contributed by atoms with Crippen molar-refractivity contribution in [3.63, 3.8) is 0 Å². The van der Waals surface area contributed by atoms with Gasteiger partial charge < -0.3 is 10.0 Å². The second-order valence-corrected chi connectivity index (χ2v) is 7.62. The molecular formula is C17H28N2O2. The lowest BCUT2D eigenvalue weighted by atomic mass is 10.0. The summed E-state index contributed by atoms with van der Waals surface area (Å²) in [5.74, 6) is 4.13. The minimum Gasteiger partial charge on any atom is -0.395 e. The number of piperazine rings is 1. The van der Waals surface area contributed by atoms with Crippen molar-refractivity contribution in [2.24, 2.45) is 29.6 Å². The smallest absolute Gasteiger partial charge is 0.226 e. The summed E-state index contributed by atoms with van der Waals surface area (Å²) in [7, 11) is 0. The second kappa shape index (κ2) is 5.24. The number of rotatable bonds is 4. The van der Waals surface area contributed by atoms with Crippen molar-refractivity contribution in [1.29, 1.82) is 0 Å². The van der Waals surface area contributed by atoms with E-state index in [2.05, 4.69) is 16.7 Å². The Morgan fingerprint density at radius 2 is 1.76 bits per heavy atom. The third-order valence-electron chi connectivity index (χ3n) is 6.84. The van der Waals surface area contributed by atoms with E-state index >= 15 is 0 Å². The molecule has 1 saturated heterocycles. The molecule has 2 bridgehead atoms. The molecule has 4 aliphatic rings. The van der Waals surface area contributed by atoms with Crippen LogP contribution in [0.15, 0.2) is 0 Å². The van der Waals surface area contributed by atoms with Gasteiger partial charge in [-0.15, -0.1) is 0 Å². The number of amides is 1. The maximum absolute atomic E-state index is 12.8. The van der Waals surface area contributed by atoms with Crippen molar-refractivity contribution >= 4 is 5.91 Å². The second-order valence-electron chi connectivity index (χ2n) is 7.62. The van der Waals surface area contributed by atoms with Gasteiger partial charge in [0.15, 0.2) is 0 Å². The van der Waals surface area contributed by atoms with Crippen LogP contribution in [0.4, 0.5) is 0 Å². The Morgan fingerprint density at radius 3 is 2.29 bits per heavy atom. The zero-order valence-corrected chi connectivity index (χ0v) is 13.1. The van der Waals surface area contributed by atoms with Crippen molar-refractivity contribution in [1.82, 2.24) is 9.80 Å². The molecule has 5 unspecified atom stereocenters. The summed E-state index contributed by atoms with van der Waals surface area (Å²) in [6.07, 6.45) is 5.18. The fourth-order valence-electron chi connectivity index (χ4n) is 5.68. The topological polar surface area (TPSA) is 43.8 Å². The molecule has 1 N–H and O–H groups in total. The molecule has 0 aromatic heterocycles. The van der Waals surface area contributed by atoms with E-state index in [9.17, 15) is 9.90 Å². The molecule has 21 heavy (non-hydrogen) atoms. The first-order valence-corrected chi connectivity index (χ1v) is 8.88. The average molecular weight is 292 g/mol. The third kappa shape index (κ3) is 2.14. The van der Waals surface area contributed by atoms with Crippen LogP contribution in [0.3, 0.4) is 0 Å². The Labute approximate surface area is 127 Å². The largest absolute Gasteiger partial charge is 0.395 e. The summed E-state index contributed by atoms with van der Waals surface area (Å²) in [6.45, 7) is 5.95. The van der Waals surface area contributed by atoms with E-state index in [0.29, 0.717) is 11.8 Å². The number of fused-ring (bicyclic) bond motifs is 5. The predicted molar refractivity (Wildman–Crippen MR) is 80.6 cm³/mol. The lowest BCUT2D eigenvalue weighted by Gasteiger charge is -2.38. The Hall–Kier alpha value is -0.610. The number of aliphatic hydroxyl groups is 1. The summed E-state index contributed by atoms with van der Waals surface area (Å²) >= 11 is 0. The van der Waals surface area contributed by atoms with Crippen molar-refractivity contribution in [3.8, 4) is 0 Å². The number of hydrogen-bond donors (Lipinski definition) is 1. The fourth-order valence-corrected chi connectivity index (χ4v) is 5.68. The molecule has 3 saturated carbocycles. The summed E-state index contributed by atoms with van der Waals surface area (Å²) in [4.78, 5) is 17.2. The van der Waals surface area contributed by atoms with Crippen LogP contribution >= 0.6 is 0 Å². The van der Waals surface area contributed by atoms with Crippen LogP contribution < -0.4 is 0 Å². The Balaban J connectivity index is 1.32. The van der Waals surface area contributed by atoms with Gasteiger partial charge in [0.1, 0.15) is 0 Å². The van der Waals surface area contributed by atoms with E-state index in [-0.39, 0.29) is 12.6 Å². The minimum absolute atomic E-state index is 0.237. The van der Waals surface area contributed by atoms with Gasteiger partial charge in [-0.25, -0.2) is 0 Å². The van der Waals surface area contributed by atoms with E-state index in [1.807, 2.05) is 0 Å². The van der Waals surface area contributed by atoms with E-state index in [0.717, 1.165) is 56.3 Å². The van der Waals surface area contributed by atoms with Gasteiger partial charge in [-0.05, 0) is 49.4 Å². The molecule has 3 aliphatic carbocycles. The number of hydrogen-bond acceptors (Lipinski definition) is 3. The molecule has 4 fully saturated rings. The van der Waals surface area contributed by atoms with Gasteiger partial charge in [-0.2, -0.15) is 0 Å². The molecule has 0 spiro atoms. The quantitative estimate of drug-likeness (QED) is 0.846. The van der Waals surface area contributed by atoms with Gasteiger partial charge in [0, 0.05) is 38.1 Å². The number of carbonyl (C=O) groups is 1. The van der Waals surface area contributed by atoms with Crippen LogP contribution in [-0.4, -0.2) is 59.6 Å². The molecule has 1 heterocycles. The lowest BCUT2D eigenvalue weighted by molar-refractivity contribution is -0.135. The van der Waals surface area contributed by atoms with Crippen LogP contribution in [-0.2, 0) is 4.79 Å². The van der Waals surface area contributed by atoms with E-state index in [1.54, 1.807) is 0 Å². The predicted octanol–water partition coefficient (Wildman–Crippen LogP) is 1.19. The Bertz CT molecular complexity index is 399. The number of nitrogens with zero attached hydrogens (tertiary/aromatic N) is 2. The van der Waals surface area contributed by atoms with Crippen molar-refractivity contribution < 1.29 is 9.90 Å². The molecule has 118 valence electrons. The first-order chi connectivity index (χ1) is 10.2. The zero-order valence-electron chi connectivity index (χ0n) is 13.1. The van der Waals surface area contributed by atoms with Crippen LogP contribution in [0.25, 0.3) is 0 Å². The van der Waals surface area contributed by atoms with E-state index < -0.39 is 0 Å². The molecule has 4 rings (SSSR count). The molecular weight excluding hydrogens is 264 g/mol. The van der Waals surface area contributed by atoms with E-state index in [1.165, 1.54) is 19.3 Å². The fraction of sp³-hybridized carbons (Fsp3) is 0.941. The molecule has 1 aliphatic heterocycles. The highest BCUT2D eigenvalue weighted by atomic mass is 16.3. The Morgan fingerprint density at radius 1 is 1.14 bits per heavy atom. The van der Waals surface area contributed by atoms with Crippen LogP contribution in [0.1, 0.15) is 32.6 Å². The Kier molecular flexibility index (Phi) is 3.49. The molecule has 4 nitrogen and oxygen atoms in total. The summed E-state index contributed by atoms with van der Waals surface area (Å²) in [6, 6.07) is 0.276. The zero-order chi connectivity index (χ0) is 14.6. The summed E-state index contributed by atoms with van der Waals surface area (Å²) < 4.78 is 0. The van der Waals surface area contributed by atoms with Crippen LogP contribution in [0, 0.1) is 29.6 Å². The highest BCUT2D eigenvalue weighted by Gasteiger charge is 2.67. The monoisotopic (exact) mass is 292 g/mol. The molecule has 0 aromatic rings. The van der Waals surface area contributed by atoms with E-state index in [4.69, 9.17) is 0 Å². The number of carbonyl (C=O) groups excluding carboxylic acids is 1. The normalized spacial score (nSPS) is 43.0. The van der Waals surface area contributed by atoms with Crippen molar-refractivity contribution in [2.45, 2.75) is 38.6 Å². The SMILES string of the molecule is CCC(CO)N1CCN(C(=O)C2C3C4CCC(C4)C23)CC1. The molecule has 0 aromatic carbocycles. The van der Waals surface area contributed by atoms with Gasteiger partial charge in [0.05, 0.1) is 6.61 Å². The molecule has 1 amide bonds. The maximum Gasteiger partial charge on any atom is 0.226 e. The lowest BCUT2D eigenvalue weighted by Crippen LogP contribution is -2.53. The molecule has 5 atom stereocenters. The maximum atomic E-state index is 12.8. The van der Waals surface area contributed by atoms with Crippen LogP contribution in [0.5, 0.6) is 0 Å². The first-order valence-electron chi connectivity index (χ1n) is 8.88. The number of aliphatic hydroxyl groups excluding tert-OH is 1. The highest BCUT2D eigenvalue weighted by molar-refractivity contribution is 5.83. The van der Waals surface area contributed by atoms with Gasteiger partial charge in [0.2, 0.25) is 5.91 Å².